The van der Waals surface area contributed by atoms with Gasteiger partial charge in [-0.3, -0.25) is 18.7 Å². The molecule has 0 radical (unpaired) electrons. The summed E-state index contributed by atoms with van der Waals surface area (Å²) in [6.07, 6.45) is 0.0810. The number of hydrogen-bond donors (Lipinski definition) is 2. The number of morpholine rings is 1. The fraction of sp³-hybridized carbons (Fsp3) is 0.450. The summed E-state index contributed by atoms with van der Waals surface area (Å²) in [6, 6.07) is 9.31. The van der Waals surface area contributed by atoms with E-state index in [1.807, 2.05) is 44.2 Å². The summed E-state index contributed by atoms with van der Waals surface area (Å²) in [4.78, 5) is 39.2. The second-order valence-electron chi connectivity index (χ2n) is 7.49. The summed E-state index contributed by atoms with van der Waals surface area (Å²) >= 11 is 0. The summed E-state index contributed by atoms with van der Waals surface area (Å²) in [6.45, 7) is 5.63. The molecular formula is C20H27N4O4+. The van der Waals surface area contributed by atoms with Gasteiger partial charge in [0.15, 0.2) is 0 Å². The molecule has 1 aliphatic rings. The Morgan fingerprint density at radius 1 is 1.18 bits per heavy atom. The van der Waals surface area contributed by atoms with Crippen LogP contribution in [0.2, 0.25) is 0 Å². The lowest BCUT2D eigenvalue weighted by atomic mass is 10.1. The zero-order chi connectivity index (χ0) is 20.4. The van der Waals surface area contributed by atoms with E-state index in [-0.39, 0.29) is 42.5 Å². The number of aromatic nitrogens is 2. The highest BCUT2D eigenvalue weighted by Gasteiger charge is 2.30. The second kappa shape index (κ2) is 8.12. The van der Waals surface area contributed by atoms with E-state index < -0.39 is 11.2 Å². The molecule has 1 unspecified atom stereocenters. The summed E-state index contributed by atoms with van der Waals surface area (Å²) < 4.78 is 7.94. The molecule has 28 heavy (non-hydrogen) atoms. The van der Waals surface area contributed by atoms with Crippen molar-refractivity contribution in [3.63, 3.8) is 0 Å². The largest absolute Gasteiger partial charge is 0.384 e. The molecule has 1 aromatic heterocycles. The van der Waals surface area contributed by atoms with E-state index in [1.165, 1.54) is 11.6 Å². The second-order valence-corrected chi connectivity index (χ2v) is 7.49. The van der Waals surface area contributed by atoms with Gasteiger partial charge < -0.3 is 15.4 Å². The van der Waals surface area contributed by atoms with Crippen molar-refractivity contribution in [1.82, 2.24) is 9.13 Å². The molecule has 0 aliphatic carbocycles. The molecule has 0 spiro atoms. The highest BCUT2D eigenvalue weighted by atomic mass is 16.5. The van der Waals surface area contributed by atoms with E-state index in [0.717, 1.165) is 15.0 Å². The smallest absolute Gasteiger partial charge is 0.332 e. The monoisotopic (exact) mass is 387 g/mol. The first kappa shape index (κ1) is 20.0. The minimum absolute atomic E-state index is 0.0405. The van der Waals surface area contributed by atoms with Crippen molar-refractivity contribution < 1.29 is 14.4 Å². The van der Waals surface area contributed by atoms with Crippen LogP contribution in [0.5, 0.6) is 0 Å². The Kier molecular flexibility index (Phi) is 5.81. The molecule has 3 rings (SSSR count). The van der Waals surface area contributed by atoms with Crippen molar-refractivity contribution in [3.05, 3.63) is 62.3 Å². The highest BCUT2D eigenvalue weighted by molar-refractivity contribution is 6.00. The Balaban J connectivity index is 1.95. The molecule has 0 saturated carbocycles. The van der Waals surface area contributed by atoms with Crippen molar-refractivity contribution in [3.8, 4) is 0 Å². The Morgan fingerprint density at radius 2 is 1.79 bits per heavy atom. The lowest BCUT2D eigenvalue weighted by Crippen LogP contribution is -3.16. The van der Waals surface area contributed by atoms with Crippen LogP contribution in [0.4, 0.5) is 5.82 Å². The number of nitrogen functional groups attached to an aromatic ring is 1. The number of nitrogens with zero attached hydrogens (tertiary/aromatic N) is 2. The van der Waals surface area contributed by atoms with Crippen LogP contribution in [0, 0.1) is 0 Å². The summed E-state index contributed by atoms with van der Waals surface area (Å²) in [5.74, 6) is -0.424. The van der Waals surface area contributed by atoms with Crippen LogP contribution in [0.1, 0.15) is 29.8 Å². The number of benzene rings is 1. The number of nitrogens with two attached hydrogens (primary N) is 1. The third-order valence-electron chi connectivity index (χ3n) is 5.07. The van der Waals surface area contributed by atoms with Crippen LogP contribution in [-0.2, 0) is 18.3 Å². The maximum Gasteiger partial charge on any atom is 0.332 e. The van der Waals surface area contributed by atoms with E-state index in [9.17, 15) is 14.4 Å². The maximum absolute atomic E-state index is 13.0. The molecule has 2 heterocycles. The fourth-order valence-electron chi connectivity index (χ4n) is 3.81. The van der Waals surface area contributed by atoms with Gasteiger partial charge in [-0.25, -0.2) is 4.79 Å². The van der Waals surface area contributed by atoms with E-state index >= 15 is 0 Å². The molecule has 1 fully saturated rings. The molecule has 3 N–H and O–H groups in total. The van der Waals surface area contributed by atoms with Crippen molar-refractivity contribution >= 4 is 11.6 Å². The molecule has 0 amide bonds. The molecule has 0 bridgehead atoms. The average molecular weight is 387 g/mol. The number of carbonyl (C=O) groups is 1. The van der Waals surface area contributed by atoms with Crippen LogP contribution >= 0.6 is 0 Å². The van der Waals surface area contributed by atoms with Gasteiger partial charge in [0.2, 0.25) is 5.78 Å². The number of anilines is 1. The molecule has 150 valence electrons. The van der Waals surface area contributed by atoms with Gasteiger partial charge in [0.1, 0.15) is 43.2 Å². The topological polar surface area (TPSA) is 101 Å². The van der Waals surface area contributed by atoms with Crippen LogP contribution < -0.4 is 21.9 Å². The molecule has 3 atom stereocenters. The predicted octanol–water partition coefficient (Wildman–Crippen LogP) is -0.948. The van der Waals surface area contributed by atoms with Gasteiger partial charge in [-0.2, -0.15) is 0 Å². The van der Waals surface area contributed by atoms with Crippen molar-refractivity contribution in [2.75, 3.05) is 25.4 Å². The highest BCUT2D eigenvalue weighted by Crippen LogP contribution is 2.09. The maximum atomic E-state index is 13.0. The number of hydrogen-bond acceptors (Lipinski definition) is 5. The van der Waals surface area contributed by atoms with E-state index in [2.05, 4.69) is 0 Å². The average Bonchev–Trinajstić information content (AvgIpc) is 2.63. The molecule has 8 nitrogen and oxygen atoms in total. The normalized spacial score (nSPS) is 22.2. The van der Waals surface area contributed by atoms with Crippen molar-refractivity contribution in [2.24, 2.45) is 7.05 Å². The number of ketones is 1. The molecular weight excluding hydrogens is 360 g/mol. The van der Waals surface area contributed by atoms with Crippen LogP contribution in [0.25, 0.3) is 0 Å². The Hall–Kier alpha value is -2.71. The third-order valence-corrected chi connectivity index (χ3v) is 5.07. The number of Topliss-reactive ketones (excluding diaryl/α,β-unsaturated/α-hetero) is 1. The Bertz CT molecular complexity index is 970. The fourth-order valence-corrected chi connectivity index (χ4v) is 3.81. The summed E-state index contributed by atoms with van der Waals surface area (Å²) in [5, 5.41) is 0. The SMILES string of the molecule is C[C@@H]1C[NH+](CC(=O)c2c(N)n(Cc3ccccc3)c(=O)n(C)c2=O)C[C@H](C)O1. The standard InChI is InChI=1S/C20H26N4O4/c1-13-9-23(10-14(2)28-13)12-16(25)17-18(21)24(20(27)22(3)19(17)26)11-15-7-5-4-6-8-15/h4-8,13-14H,9-12,21H2,1-3H3/p+1/t13-,14+. The zero-order valence-electron chi connectivity index (χ0n) is 16.5. The lowest BCUT2D eigenvalue weighted by molar-refractivity contribution is -0.906. The first-order chi connectivity index (χ1) is 13.3. The molecule has 1 saturated heterocycles. The predicted molar refractivity (Wildman–Crippen MR) is 106 cm³/mol. The van der Waals surface area contributed by atoms with Gasteiger partial charge in [-0.05, 0) is 19.4 Å². The van der Waals surface area contributed by atoms with Gasteiger partial charge >= 0.3 is 5.69 Å². The number of rotatable bonds is 5. The van der Waals surface area contributed by atoms with Crippen molar-refractivity contribution in [2.45, 2.75) is 32.6 Å². The van der Waals surface area contributed by atoms with Gasteiger partial charge in [0.25, 0.3) is 5.56 Å². The number of ether oxygens (including phenoxy) is 1. The van der Waals surface area contributed by atoms with Gasteiger partial charge in [-0.15, -0.1) is 0 Å². The molecule has 2 aromatic rings. The minimum atomic E-state index is -0.648. The first-order valence-electron chi connectivity index (χ1n) is 9.43. The van der Waals surface area contributed by atoms with E-state index in [0.29, 0.717) is 13.1 Å². The summed E-state index contributed by atoms with van der Waals surface area (Å²) in [7, 11) is 1.37. The summed E-state index contributed by atoms with van der Waals surface area (Å²) in [5.41, 5.74) is 5.71. The molecule has 1 aromatic carbocycles. The van der Waals surface area contributed by atoms with Crippen LogP contribution in [-0.4, -0.2) is 46.8 Å². The van der Waals surface area contributed by atoms with Gasteiger partial charge in [0, 0.05) is 7.05 Å². The van der Waals surface area contributed by atoms with Gasteiger partial charge in [0.05, 0.1) is 6.54 Å². The van der Waals surface area contributed by atoms with Crippen LogP contribution in [0.15, 0.2) is 39.9 Å². The quantitative estimate of drug-likeness (QED) is 0.645. The van der Waals surface area contributed by atoms with E-state index in [4.69, 9.17) is 10.5 Å². The first-order valence-corrected chi connectivity index (χ1v) is 9.43. The minimum Gasteiger partial charge on any atom is -0.384 e. The Morgan fingerprint density at radius 3 is 2.39 bits per heavy atom. The number of nitrogens with one attached hydrogen (secondary N) is 1. The van der Waals surface area contributed by atoms with Crippen LogP contribution in [0.3, 0.4) is 0 Å². The van der Waals surface area contributed by atoms with Crippen molar-refractivity contribution in [1.29, 1.82) is 0 Å². The molecule has 8 heteroatoms. The number of quaternary nitrogens is 1. The Labute approximate surface area is 163 Å². The molecule has 1 aliphatic heterocycles. The zero-order valence-corrected chi connectivity index (χ0v) is 16.5. The van der Waals surface area contributed by atoms with E-state index in [1.54, 1.807) is 0 Å². The number of carbonyl (C=O) groups excluding carboxylic acids is 1. The van der Waals surface area contributed by atoms with Gasteiger partial charge in [-0.1, -0.05) is 30.3 Å². The lowest BCUT2D eigenvalue weighted by Gasteiger charge is -2.32. The third kappa shape index (κ3) is 4.07.